The molecule has 12 heteroatoms. The normalized spacial score (nSPS) is 12.2. The summed E-state index contributed by atoms with van der Waals surface area (Å²) >= 11 is 2.93. The summed E-state index contributed by atoms with van der Waals surface area (Å²) in [5.41, 5.74) is -1.29. The first-order chi connectivity index (χ1) is 13.9. The van der Waals surface area contributed by atoms with E-state index in [0.717, 1.165) is 6.07 Å². The van der Waals surface area contributed by atoms with Gasteiger partial charge in [-0.25, -0.2) is 4.79 Å². The van der Waals surface area contributed by atoms with Crippen molar-refractivity contribution in [3.8, 4) is 5.75 Å². The van der Waals surface area contributed by atoms with E-state index in [1.54, 1.807) is 0 Å². The highest BCUT2D eigenvalue weighted by Gasteiger charge is 2.41. The van der Waals surface area contributed by atoms with Crippen molar-refractivity contribution < 1.29 is 45.4 Å². The van der Waals surface area contributed by atoms with Crippen molar-refractivity contribution in [2.24, 2.45) is 0 Å². The maximum Gasteiger partial charge on any atom is 0.573 e. The Labute approximate surface area is 172 Å². The molecule has 0 spiro atoms. The second-order valence-corrected chi connectivity index (χ2v) is 6.80. The Morgan fingerprint density at radius 2 is 1.83 bits per heavy atom. The van der Waals surface area contributed by atoms with E-state index in [2.05, 4.69) is 26.0 Å². The predicted octanol–water partition coefficient (Wildman–Crippen LogP) is 6.42. The van der Waals surface area contributed by atoms with Gasteiger partial charge in [0, 0.05) is 17.6 Å². The molecule has 0 saturated heterocycles. The van der Waals surface area contributed by atoms with Crippen LogP contribution < -0.4 is 10.1 Å². The van der Waals surface area contributed by atoms with Crippen LogP contribution in [0, 0.1) is 0 Å². The van der Waals surface area contributed by atoms with Crippen LogP contribution >= 0.6 is 15.9 Å². The number of carboxylic acids is 1. The van der Waals surface area contributed by atoms with Gasteiger partial charge in [-0.15, -0.1) is 13.2 Å². The van der Waals surface area contributed by atoms with E-state index in [0.29, 0.717) is 0 Å². The minimum atomic E-state index is -4.98. The van der Waals surface area contributed by atoms with Crippen LogP contribution in [0.4, 0.5) is 32.0 Å². The average molecular weight is 498 g/mol. The number of alkyl halides is 6. The van der Waals surface area contributed by atoms with E-state index in [-0.39, 0.29) is 27.9 Å². The van der Waals surface area contributed by atoms with E-state index in [1.165, 1.54) is 30.3 Å². The third-order valence-corrected chi connectivity index (χ3v) is 4.54. The van der Waals surface area contributed by atoms with Gasteiger partial charge >= 0.3 is 18.5 Å². The molecule has 5 nitrogen and oxygen atoms in total. The number of halogens is 7. The lowest BCUT2D eigenvalue weighted by molar-refractivity contribution is -0.274. The molecule has 0 radical (unpaired) electrons. The molecule has 2 aromatic carbocycles. The number of fused-ring (bicyclic) bond motifs is 1. The summed E-state index contributed by atoms with van der Waals surface area (Å²) in [5.74, 6) is -3.57. The summed E-state index contributed by atoms with van der Waals surface area (Å²) in [6.45, 7) is -0.190. The van der Waals surface area contributed by atoms with Crippen LogP contribution in [-0.2, 0) is 12.7 Å². The lowest BCUT2D eigenvalue weighted by Crippen LogP contribution is -2.17. The van der Waals surface area contributed by atoms with Gasteiger partial charge in [0.05, 0.1) is 4.47 Å². The first-order valence-corrected chi connectivity index (χ1v) is 8.80. The summed E-state index contributed by atoms with van der Waals surface area (Å²) in [7, 11) is 0. The molecule has 30 heavy (non-hydrogen) atoms. The van der Waals surface area contributed by atoms with Crippen molar-refractivity contribution in [1.29, 1.82) is 0 Å². The van der Waals surface area contributed by atoms with E-state index in [1.807, 2.05) is 0 Å². The number of hydrogen-bond acceptors (Lipinski definition) is 4. The van der Waals surface area contributed by atoms with Gasteiger partial charge in [-0.1, -0.05) is 12.1 Å². The van der Waals surface area contributed by atoms with Crippen molar-refractivity contribution >= 4 is 38.6 Å². The standard InChI is InChI=1S/C18H10BrF6NO4/c19-10-6-9(4-5-11(10)30-18(23,24)25)26-7-8-2-1-3-12-13(8)14(17(20,21)22)15(29-12)16(27)28/h1-6,26H,7H2,(H,27,28). The molecule has 0 aliphatic carbocycles. The maximum atomic E-state index is 13.5. The first-order valence-electron chi connectivity index (χ1n) is 8.01. The molecule has 0 saturated carbocycles. The van der Waals surface area contributed by atoms with Crippen LogP contribution in [0.25, 0.3) is 11.0 Å². The van der Waals surface area contributed by atoms with Crippen LogP contribution in [0.2, 0.25) is 0 Å². The lowest BCUT2D eigenvalue weighted by atomic mass is 10.0. The van der Waals surface area contributed by atoms with Crippen molar-refractivity contribution in [1.82, 2.24) is 0 Å². The quantitative estimate of drug-likeness (QED) is 0.398. The minimum absolute atomic E-state index is 0.0320. The molecule has 0 amide bonds. The smallest absolute Gasteiger partial charge is 0.475 e. The summed E-state index contributed by atoms with van der Waals surface area (Å²) in [5, 5.41) is 11.4. The van der Waals surface area contributed by atoms with Crippen molar-refractivity contribution in [3.63, 3.8) is 0 Å². The third-order valence-electron chi connectivity index (χ3n) is 3.92. The van der Waals surface area contributed by atoms with Crippen molar-refractivity contribution in [2.45, 2.75) is 19.1 Å². The van der Waals surface area contributed by atoms with Gasteiger partial charge in [0.15, 0.2) is 0 Å². The van der Waals surface area contributed by atoms with Gasteiger partial charge in [-0.3, -0.25) is 0 Å². The molecule has 160 valence electrons. The SMILES string of the molecule is O=C(O)c1oc2cccc(CNc3ccc(OC(F)(F)F)c(Br)c3)c2c1C(F)(F)F. The molecule has 3 rings (SSSR count). The number of rotatable bonds is 5. The zero-order valence-corrected chi connectivity index (χ0v) is 16.1. The molecule has 0 bridgehead atoms. The molecule has 0 aliphatic rings. The monoisotopic (exact) mass is 497 g/mol. The number of anilines is 1. The Kier molecular flexibility index (Phi) is 5.63. The molecule has 3 aromatic rings. The number of nitrogens with one attached hydrogen (secondary N) is 1. The number of benzene rings is 2. The van der Waals surface area contributed by atoms with E-state index in [4.69, 9.17) is 9.52 Å². The summed E-state index contributed by atoms with van der Waals surface area (Å²) in [4.78, 5) is 11.2. The Hall–Kier alpha value is -2.89. The summed E-state index contributed by atoms with van der Waals surface area (Å²) in [6, 6.07) is 7.48. The van der Waals surface area contributed by atoms with Gasteiger partial charge in [-0.05, 0) is 45.8 Å². The number of carboxylic acid groups (broad SMARTS) is 1. The zero-order chi connectivity index (χ0) is 22.3. The van der Waals surface area contributed by atoms with Gasteiger partial charge in [0.2, 0.25) is 5.76 Å². The van der Waals surface area contributed by atoms with Gasteiger partial charge in [0.1, 0.15) is 16.9 Å². The van der Waals surface area contributed by atoms with Crippen LogP contribution in [0.15, 0.2) is 45.3 Å². The van der Waals surface area contributed by atoms with Crippen molar-refractivity contribution in [2.75, 3.05) is 5.32 Å². The summed E-state index contributed by atoms with van der Waals surface area (Å²) < 4.78 is 86.1. The Morgan fingerprint density at radius 1 is 1.13 bits per heavy atom. The topological polar surface area (TPSA) is 71.7 Å². The second-order valence-electron chi connectivity index (χ2n) is 5.95. The largest absolute Gasteiger partial charge is 0.573 e. The van der Waals surface area contributed by atoms with Crippen LogP contribution in [0.5, 0.6) is 5.75 Å². The fourth-order valence-electron chi connectivity index (χ4n) is 2.80. The molecule has 0 aliphatic heterocycles. The maximum absolute atomic E-state index is 13.5. The van der Waals surface area contributed by atoms with E-state index >= 15 is 0 Å². The first kappa shape index (κ1) is 21.8. The molecule has 0 atom stereocenters. The highest BCUT2D eigenvalue weighted by Crippen LogP contribution is 2.41. The van der Waals surface area contributed by atoms with Crippen LogP contribution in [0.3, 0.4) is 0 Å². The summed E-state index contributed by atoms with van der Waals surface area (Å²) in [6.07, 6.45) is -9.86. The van der Waals surface area contributed by atoms with Crippen molar-refractivity contribution in [3.05, 3.63) is 57.8 Å². The Bertz CT molecular complexity index is 1110. The molecule has 0 fully saturated rings. The third kappa shape index (κ3) is 4.64. The molecular formula is C18H10BrF6NO4. The van der Waals surface area contributed by atoms with E-state index in [9.17, 15) is 31.1 Å². The van der Waals surface area contributed by atoms with Crippen LogP contribution in [0.1, 0.15) is 21.7 Å². The molecular weight excluding hydrogens is 488 g/mol. The fourth-order valence-corrected chi connectivity index (χ4v) is 3.26. The van der Waals surface area contributed by atoms with Gasteiger partial charge in [0.25, 0.3) is 0 Å². The fraction of sp³-hybridized carbons (Fsp3) is 0.167. The molecule has 2 N–H and O–H groups in total. The lowest BCUT2D eigenvalue weighted by Gasteiger charge is -2.13. The Balaban J connectivity index is 1.94. The molecule has 0 unspecified atom stereocenters. The van der Waals surface area contributed by atoms with E-state index < -0.39 is 41.0 Å². The number of hydrogen-bond donors (Lipinski definition) is 2. The Morgan fingerprint density at radius 3 is 2.40 bits per heavy atom. The number of ether oxygens (including phenoxy) is 1. The highest BCUT2D eigenvalue weighted by atomic mass is 79.9. The minimum Gasteiger partial charge on any atom is -0.475 e. The van der Waals surface area contributed by atoms with Gasteiger partial charge in [-0.2, -0.15) is 13.2 Å². The van der Waals surface area contributed by atoms with Crippen LogP contribution in [-0.4, -0.2) is 17.4 Å². The number of furan rings is 1. The predicted molar refractivity (Wildman–Crippen MR) is 96.3 cm³/mol. The number of carbonyl (C=O) groups is 1. The average Bonchev–Trinajstić information content (AvgIpc) is 3.02. The zero-order valence-electron chi connectivity index (χ0n) is 14.5. The second kappa shape index (κ2) is 7.74. The van der Waals surface area contributed by atoms with Gasteiger partial charge < -0.3 is 19.6 Å². The molecule has 1 aromatic heterocycles. The number of aromatic carboxylic acids is 1. The molecule has 1 heterocycles. The highest BCUT2D eigenvalue weighted by molar-refractivity contribution is 9.10.